The Balaban J connectivity index is 1.51. The molecule has 1 aromatic rings. The largest absolute Gasteiger partial charge is 0.490 e. The van der Waals surface area contributed by atoms with E-state index in [2.05, 4.69) is 5.32 Å². The third-order valence-electron chi connectivity index (χ3n) is 4.31. The minimum absolute atomic E-state index is 0.301. The van der Waals surface area contributed by atoms with Crippen LogP contribution < -0.4 is 10.1 Å². The first kappa shape index (κ1) is 15.8. The van der Waals surface area contributed by atoms with Crippen molar-refractivity contribution in [2.24, 2.45) is 0 Å². The fourth-order valence-corrected chi connectivity index (χ4v) is 3.05. The van der Waals surface area contributed by atoms with Gasteiger partial charge in [-0.25, -0.2) is 4.79 Å². The highest BCUT2D eigenvalue weighted by atomic mass is 16.5. The number of anilines is 1. The van der Waals surface area contributed by atoms with Gasteiger partial charge in [-0.05, 0) is 62.8 Å². The van der Waals surface area contributed by atoms with Gasteiger partial charge in [0.25, 0.3) is 5.91 Å². The molecule has 1 saturated heterocycles. The number of carbonyl (C=O) groups excluding carboxylic acids is 1. The monoisotopic (exact) mass is 319 g/mol. The number of rotatable bonds is 5. The molecule has 1 amide bonds. The summed E-state index contributed by atoms with van der Waals surface area (Å²) in [6, 6.07) is 7.24. The van der Waals surface area contributed by atoms with Gasteiger partial charge in [0.05, 0.1) is 6.10 Å². The lowest BCUT2D eigenvalue weighted by molar-refractivity contribution is -0.150. The van der Waals surface area contributed by atoms with Crippen molar-refractivity contribution in [1.29, 1.82) is 0 Å². The molecule has 1 saturated carbocycles. The number of carboxylic acid groups (broad SMARTS) is 1. The van der Waals surface area contributed by atoms with Crippen molar-refractivity contribution in [1.82, 2.24) is 0 Å². The highest BCUT2D eigenvalue weighted by Gasteiger charge is 2.34. The third-order valence-corrected chi connectivity index (χ3v) is 4.31. The number of aliphatic carboxylic acids is 1. The molecule has 3 rings (SSSR count). The fraction of sp³-hybridized carbons (Fsp3) is 0.529. The number of nitrogens with one attached hydrogen (secondary N) is 1. The van der Waals surface area contributed by atoms with Crippen molar-refractivity contribution in [3.63, 3.8) is 0 Å². The molecule has 2 N–H and O–H groups in total. The standard InChI is InChI=1S/C17H21NO5/c19-16(14-9-10-15(23-14)17(20)21)18-11-5-7-13(8-6-11)22-12-3-1-2-4-12/h5-8,12,14-15H,1-4,9-10H2,(H,18,19)(H,20,21)/t14-,15+/m0/s1. The molecule has 124 valence electrons. The van der Waals surface area contributed by atoms with Crippen LogP contribution in [0, 0.1) is 0 Å². The third kappa shape index (κ3) is 4.01. The smallest absolute Gasteiger partial charge is 0.332 e. The topological polar surface area (TPSA) is 84.9 Å². The molecule has 1 aliphatic heterocycles. The summed E-state index contributed by atoms with van der Waals surface area (Å²) in [5.41, 5.74) is 0.649. The van der Waals surface area contributed by atoms with Crippen molar-refractivity contribution in [3.05, 3.63) is 24.3 Å². The average Bonchev–Trinajstić information content (AvgIpc) is 3.20. The SMILES string of the molecule is O=C(Nc1ccc(OC2CCCC2)cc1)[C@@H]1CC[C@H](C(=O)O)O1. The summed E-state index contributed by atoms with van der Waals surface area (Å²) in [7, 11) is 0. The maximum Gasteiger partial charge on any atom is 0.332 e. The Bertz CT molecular complexity index is 565. The Morgan fingerprint density at radius 1 is 1.04 bits per heavy atom. The quantitative estimate of drug-likeness (QED) is 0.871. The van der Waals surface area contributed by atoms with Gasteiger partial charge in [-0.2, -0.15) is 0 Å². The first-order valence-corrected chi connectivity index (χ1v) is 8.07. The van der Waals surface area contributed by atoms with Crippen molar-refractivity contribution in [3.8, 4) is 5.75 Å². The summed E-state index contributed by atoms with van der Waals surface area (Å²) in [6.45, 7) is 0. The molecule has 1 aliphatic carbocycles. The van der Waals surface area contributed by atoms with Crippen LogP contribution in [0.25, 0.3) is 0 Å². The van der Waals surface area contributed by atoms with Crippen LogP contribution in [0.3, 0.4) is 0 Å². The first-order valence-electron chi connectivity index (χ1n) is 8.07. The summed E-state index contributed by atoms with van der Waals surface area (Å²) in [6.07, 6.45) is 4.14. The highest BCUT2D eigenvalue weighted by molar-refractivity contribution is 5.94. The van der Waals surface area contributed by atoms with Gasteiger partial charge in [0, 0.05) is 5.69 Å². The predicted molar refractivity (Wildman–Crippen MR) is 83.5 cm³/mol. The Hall–Kier alpha value is -2.08. The minimum atomic E-state index is -1.02. The summed E-state index contributed by atoms with van der Waals surface area (Å²) in [5.74, 6) is -0.523. The summed E-state index contributed by atoms with van der Waals surface area (Å²) >= 11 is 0. The average molecular weight is 319 g/mol. The Labute approximate surface area is 134 Å². The second-order valence-electron chi connectivity index (χ2n) is 6.07. The second-order valence-corrected chi connectivity index (χ2v) is 6.07. The van der Waals surface area contributed by atoms with Crippen LogP contribution >= 0.6 is 0 Å². The van der Waals surface area contributed by atoms with Crippen molar-refractivity contribution >= 4 is 17.6 Å². The number of hydrogen-bond donors (Lipinski definition) is 2. The Morgan fingerprint density at radius 3 is 2.30 bits per heavy atom. The summed E-state index contributed by atoms with van der Waals surface area (Å²) < 4.78 is 11.1. The number of carbonyl (C=O) groups is 2. The van der Waals surface area contributed by atoms with Gasteiger partial charge >= 0.3 is 5.97 Å². The molecular weight excluding hydrogens is 298 g/mol. The molecule has 2 aliphatic rings. The van der Waals surface area contributed by atoms with Crippen molar-refractivity contribution in [2.45, 2.75) is 56.8 Å². The number of benzene rings is 1. The minimum Gasteiger partial charge on any atom is -0.490 e. The number of hydrogen-bond acceptors (Lipinski definition) is 4. The molecule has 2 atom stereocenters. The zero-order chi connectivity index (χ0) is 16.2. The lowest BCUT2D eigenvalue weighted by atomic mass is 10.2. The van der Waals surface area contributed by atoms with Crippen LogP contribution in [0.5, 0.6) is 5.75 Å². The second kappa shape index (κ2) is 7.00. The molecular formula is C17H21NO5. The predicted octanol–water partition coefficient (Wildman–Crippen LogP) is 2.58. The van der Waals surface area contributed by atoms with Crippen LogP contribution in [-0.2, 0) is 14.3 Å². The fourth-order valence-electron chi connectivity index (χ4n) is 3.05. The molecule has 0 bridgehead atoms. The molecule has 2 fully saturated rings. The molecule has 0 spiro atoms. The van der Waals surface area contributed by atoms with Crippen molar-refractivity contribution in [2.75, 3.05) is 5.32 Å². The van der Waals surface area contributed by atoms with E-state index in [-0.39, 0.29) is 5.91 Å². The van der Waals surface area contributed by atoms with E-state index in [4.69, 9.17) is 14.6 Å². The van der Waals surface area contributed by atoms with E-state index in [1.54, 1.807) is 12.1 Å². The van der Waals surface area contributed by atoms with Gasteiger partial charge in [0.15, 0.2) is 6.10 Å². The van der Waals surface area contributed by atoms with Crippen LogP contribution in [0.2, 0.25) is 0 Å². The number of amides is 1. The van der Waals surface area contributed by atoms with E-state index in [9.17, 15) is 9.59 Å². The van der Waals surface area contributed by atoms with Gasteiger partial charge in [-0.1, -0.05) is 0 Å². The van der Waals surface area contributed by atoms with E-state index in [1.807, 2.05) is 12.1 Å². The molecule has 0 aromatic heterocycles. The van der Waals surface area contributed by atoms with Gasteiger partial charge in [-0.3, -0.25) is 4.79 Å². The summed E-state index contributed by atoms with van der Waals surface area (Å²) in [5, 5.41) is 11.6. The van der Waals surface area contributed by atoms with Crippen LogP contribution in [0.4, 0.5) is 5.69 Å². The Morgan fingerprint density at radius 2 is 1.70 bits per heavy atom. The molecule has 6 nitrogen and oxygen atoms in total. The maximum absolute atomic E-state index is 12.1. The maximum atomic E-state index is 12.1. The molecule has 23 heavy (non-hydrogen) atoms. The van der Waals surface area contributed by atoms with Gasteiger partial charge in [0.1, 0.15) is 11.9 Å². The van der Waals surface area contributed by atoms with E-state index < -0.39 is 18.2 Å². The lowest BCUT2D eigenvalue weighted by Crippen LogP contribution is -2.29. The van der Waals surface area contributed by atoms with E-state index >= 15 is 0 Å². The van der Waals surface area contributed by atoms with Gasteiger partial charge in [-0.15, -0.1) is 0 Å². The summed E-state index contributed by atoms with van der Waals surface area (Å²) in [4.78, 5) is 22.9. The molecule has 0 unspecified atom stereocenters. The molecule has 1 aromatic carbocycles. The first-order chi connectivity index (χ1) is 11.1. The molecule has 1 heterocycles. The van der Waals surface area contributed by atoms with Crippen LogP contribution in [-0.4, -0.2) is 35.3 Å². The highest BCUT2D eigenvalue weighted by Crippen LogP contribution is 2.26. The van der Waals surface area contributed by atoms with Crippen LogP contribution in [0.1, 0.15) is 38.5 Å². The zero-order valence-corrected chi connectivity index (χ0v) is 12.9. The molecule has 0 radical (unpaired) electrons. The van der Waals surface area contributed by atoms with E-state index in [0.29, 0.717) is 24.6 Å². The Kier molecular flexibility index (Phi) is 4.81. The van der Waals surface area contributed by atoms with E-state index in [1.165, 1.54) is 12.8 Å². The number of ether oxygens (including phenoxy) is 2. The molecule has 6 heteroatoms. The van der Waals surface area contributed by atoms with Crippen LogP contribution in [0.15, 0.2) is 24.3 Å². The van der Waals surface area contributed by atoms with Crippen molar-refractivity contribution < 1.29 is 24.2 Å². The van der Waals surface area contributed by atoms with E-state index in [0.717, 1.165) is 18.6 Å². The van der Waals surface area contributed by atoms with Gasteiger partial charge in [0.2, 0.25) is 0 Å². The van der Waals surface area contributed by atoms with Gasteiger partial charge < -0.3 is 19.9 Å². The zero-order valence-electron chi connectivity index (χ0n) is 12.9. The lowest BCUT2D eigenvalue weighted by Gasteiger charge is -2.14. The number of carboxylic acids is 1. The normalized spacial score (nSPS) is 24.5.